The monoisotopic (exact) mass is 245 g/mol. The molecule has 1 amide bonds. The molecule has 1 aromatic heterocycles. The summed E-state index contributed by atoms with van der Waals surface area (Å²) in [6.45, 7) is 1.58. The number of ether oxygens (including phenoxy) is 1. The van der Waals surface area contributed by atoms with Gasteiger partial charge in [0, 0.05) is 13.2 Å². The van der Waals surface area contributed by atoms with Gasteiger partial charge < -0.3 is 15.2 Å². The molecule has 0 saturated heterocycles. The molecule has 0 aliphatic carbocycles. The smallest absolute Gasteiger partial charge is 0.273 e. The van der Waals surface area contributed by atoms with Crippen LogP contribution in [0, 0.1) is 0 Å². The van der Waals surface area contributed by atoms with Gasteiger partial charge in [-0.2, -0.15) is 5.10 Å². The van der Waals surface area contributed by atoms with Gasteiger partial charge in [-0.3, -0.25) is 4.79 Å². The van der Waals surface area contributed by atoms with Crippen LogP contribution in [0.4, 0.5) is 0 Å². The number of aromatic nitrogens is 2. The molecule has 2 heterocycles. The Labute approximate surface area is 97.1 Å². The van der Waals surface area contributed by atoms with E-state index in [-0.39, 0.29) is 23.2 Å². The number of amides is 1. The van der Waals surface area contributed by atoms with Crippen molar-refractivity contribution in [2.75, 3.05) is 19.8 Å². The van der Waals surface area contributed by atoms with Crippen molar-refractivity contribution in [1.29, 1.82) is 0 Å². The summed E-state index contributed by atoms with van der Waals surface area (Å²) in [5.41, 5.74) is 0.175. The Balaban J connectivity index is 2.06. The fraction of sp³-hybridized carbons (Fsp3) is 0.556. The van der Waals surface area contributed by atoms with Gasteiger partial charge in [0.1, 0.15) is 11.6 Å². The maximum atomic E-state index is 11.6. The van der Waals surface area contributed by atoms with Gasteiger partial charge in [0.05, 0.1) is 6.54 Å². The number of carbonyl (C=O) groups is 1. The SMILES string of the molecule is O=C(NCCCO)c1nn2c(c1Cl)OCC2. The third-order valence-electron chi connectivity index (χ3n) is 2.23. The highest BCUT2D eigenvalue weighted by Crippen LogP contribution is 2.30. The minimum Gasteiger partial charge on any atom is -0.475 e. The summed E-state index contributed by atoms with van der Waals surface area (Å²) in [6, 6.07) is 0. The van der Waals surface area contributed by atoms with Crippen molar-refractivity contribution >= 4 is 17.5 Å². The topological polar surface area (TPSA) is 76.4 Å². The Morgan fingerprint density at radius 2 is 2.50 bits per heavy atom. The van der Waals surface area contributed by atoms with Crippen molar-refractivity contribution < 1.29 is 14.6 Å². The van der Waals surface area contributed by atoms with Crippen LogP contribution in [0.1, 0.15) is 16.9 Å². The minimum atomic E-state index is -0.344. The summed E-state index contributed by atoms with van der Waals surface area (Å²) in [5.74, 6) is 0.109. The molecule has 1 aliphatic heterocycles. The molecule has 1 aromatic rings. The van der Waals surface area contributed by atoms with Gasteiger partial charge in [-0.25, -0.2) is 4.68 Å². The van der Waals surface area contributed by atoms with Crippen molar-refractivity contribution in [3.63, 3.8) is 0 Å². The highest BCUT2D eigenvalue weighted by Gasteiger charge is 2.25. The van der Waals surface area contributed by atoms with E-state index in [9.17, 15) is 4.79 Å². The Kier molecular flexibility index (Phi) is 3.31. The fourth-order valence-corrected chi connectivity index (χ4v) is 1.73. The summed E-state index contributed by atoms with van der Waals surface area (Å²) in [7, 11) is 0. The van der Waals surface area contributed by atoms with E-state index in [1.165, 1.54) is 0 Å². The van der Waals surface area contributed by atoms with E-state index in [2.05, 4.69) is 10.4 Å². The van der Waals surface area contributed by atoms with Crippen molar-refractivity contribution in [1.82, 2.24) is 15.1 Å². The molecule has 0 spiro atoms. The lowest BCUT2D eigenvalue weighted by Gasteiger charge is -2.01. The van der Waals surface area contributed by atoms with E-state index in [1.807, 2.05) is 0 Å². The predicted molar refractivity (Wildman–Crippen MR) is 56.8 cm³/mol. The number of hydrogen-bond acceptors (Lipinski definition) is 4. The first-order valence-corrected chi connectivity index (χ1v) is 5.40. The van der Waals surface area contributed by atoms with Crippen molar-refractivity contribution in [3.8, 4) is 5.88 Å². The van der Waals surface area contributed by atoms with Crippen LogP contribution in [0.25, 0.3) is 0 Å². The summed E-state index contributed by atoms with van der Waals surface area (Å²) in [5, 5.41) is 15.5. The van der Waals surface area contributed by atoms with E-state index in [4.69, 9.17) is 21.4 Å². The van der Waals surface area contributed by atoms with Gasteiger partial charge in [-0.15, -0.1) is 0 Å². The highest BCUT2D eigenvalue weighted by molar-refractivity contribution is 6.34. The van der Waals surface area contributed by atoms with Gasteiger partial charge in [0.2, 0.25) is 5.88 Å². The fourth-order valence-electron chi connectivity index (χ4n) is 1.45. The Hall–Kier alpha value is -1.27. The zero-order valence-electron chi connectivity index (χ0n) is 8.57. The molecule has 0 aromatic carbocycles. The van der Waals surface area contributed by atoms with E-state index >= 15 is 0 Å². The van der Waals surface area contributed by atoms with Crippen LogP contribution in [-0.2, 0) is 6.54 Å². The molecule has 1 aliphatic rings. The number of fused-ring (bicyclic) bond motifs is 1. The van der Waals surface area contributed by atoms with E-state index in [0.717, 1.165) is 0 Å². The first-order chi connectivity index (χ1) is 7.74. The van der Waals surface area contributed by atoms with Crippen LogP contribution in [-0.4, -0.2) is 40.6 Å². The predicted octanol–water partition coefficient (Wildman–Crippen LogP) is 0.0411. The Bertz CT molecular complexity index is 405. The molecule has 0 unspecified atom stereocenters. The molecule has 0 saturated carbocycles. The normalized spacial score (nSPS) is 13.4. The number of halogens is 1. The molecule has 88 valence electrons. The summed E-state index contributed by atoms with van der Waals surface area (Å²) in [6.07, 6.45) is 0.507. The molecule has 0 bridgehead atoms. The average molecular weight is 246 g/mol. The highest BCUT2D eigenvalue weighted by atomic mass is 35.5. The van der Waals surface area contributed by atoms with E-state index in [0.29, 0.717) is 32.0 Å². The maximum Gasteiger partial charge on any atom is 0.273 e. The molecule has 2 N–H and O–H groups in total. The second-order valence-electron chi connectivity index (χ2n) is 3.37. The zero-order chi connectivity index (χ0) is 11.5. The van der Waals surface area contributed by atoms with Gasteiger partial charge in [-0.1, -0.05) is 11.6 Å². The first-order valence-electron chi connectivity index (χ1n) is 5.02. The Morgan fingerprint density at radius 3 is 3.19 bits per heavy atom. The average Bonchev–Trinajstić information content (AvgIpc) is 2.82. The number of nitrogens with one attached hydrogen (secondary N) is 1. The summed E-state index contributed by atoms with van der Waals surface area (Å²) < 4.78 is 6.81. The van der Waals surface area contributed by atoms with Gasteiger partial charge >= 0.3 is 0 Å². The van der Waals surface area contributed by atoms with Crippen molar-refractivity contribution in [2.24, 2.45) is 0 Å². The first kappa shape index (κ1) is 11.2. The molecular weight excluding hydrogens is 234 g/mol. The van der Waals surface area contributed by atoms with Crippen LogP contribution in [0.3, 0.4) is 0 Å². The summed E-state index contributed by atoms with van der Waals surface area (Å²) >= 11 is 5.96. The molecule has 0 radical (unpaired) electrons. The molecule has 0 fully saturated rings. The minimum absolute atomic E-state index is 0.0385. The molecule has 2 rings (SSSR count). The van der Waals surface area contributed by atoms with Crippen LogP contribution >= 0.6 is 11.6 Å². The quantitative estimate of drug-likeness (QED) is 0.735. The molecule has 7 heteroatoms. The number of hydrogen-bond donors (Lipinski definition) is 2. The molecule has 0 atom stereocenters. The number of aliphatic hydroxyl groups is 1. The van der Waals surface area contributed by atoms with Crippen molar-refractivity contribution in [3.05, 3.63) is 10.7 Å². The van der Waals surface area contributed by atoms with Crippen LogP contribution in [0.5, 0.6) is 5.88 Å². The maximum absolute atomic E-state index is 11.6. The lowest BCUT2D eigenvalue weighted by Crippen LogP contribution is -2.26. The second-order valence-corrected chi connectivity index (χ2v) is 3.75. The van der Waals surface area contributed by atoms with Gasteiger partial charge in [-0.05, 0) is 6.42 Å². The largest absolute Gasteiger partial charge is 0.475 e. The van der Waals surface area contributed by atoms with Crippen LogP contribution in [0.2, 0.25) is 5.02 Å². The van der Waals surface area contributed by atoms with Gasteiger partial charge in [0.15, 0.2) is 5.69 Å². The number of aliphatic hydroxyl groups excluding tert-OH is 1. The molecule has 6 nitrogen and oxygen atoms in total. The lowest BCUT2D eigenvalue weighted by molar-refractivity contribution is 0.0945. The summed E-state index contributed by atoms with van der Waals surface area (Å²) in [4.78, 5) is 11.6. The third-order valence-corrected chi connectivity index (χ3v) is 2.57. The molecular formula is C9H12ClN3O3. The Morgan fingerprint density at radius 1 is 1.69 bits per heavy atom. The standard InChI is InChI=1S/C9H12ClN3O3/c10-6-7(8(15)11-2-1-4-14)12-13-3-5-16-9(6)13/h14H,1-5H2,(H,11,15). The van der Waals surface area contributed by atoms with Gasteiger partial charge in [0.25, 0.3) is 5.91 Å². The van der Waals surface area contributed by atoms with Crippen LogP contribution < -0.4 is 10.1 Å². The van der Waals surface area contributed by atoms with E-state index < -0.39 is 0 Å². The third kappa shape index (κ3) is 1.98. The number of rotatable bonds is 4. The second kappa shape index (κ2) is 4.71. The molecule has 16 heavy (non-hydrogen) atoms. The number of carbonyl (C=O) groups excluding carboxylic acids is 1. The van der Waals surface area contributed by atoms with Crippen molar-refractivity contribution in [2.45, 2.75) is 13.0 Å². The van der Waals surface area contributed by atoms with Crippen LogP contribution in [0.15, 0.2) is 0 Å². The van der Waals surface area contributed by atoms with E-state index in [1.54, 1.807) is 4.68 Å². The zero-order valence-corrected chi connectivity index (χ0v) is 9.33. The lowest BCUT2D eigenvalue weighted by atomic mass is 10.3. The number of nitrogens with zero attached hydrogens (tertiary/aromatic N) is 2.